The van der Waals surface area contributed by atoms with Crippen LogP contribution in [0.15, 0.2) is 0 Å². The highest BCUT2D eigenvalue weighted by Gasteiger charge is 2.10. The molecule has 0 aromatic carbocycles. The Morgan fingerprint density at radius 3 is 2.40 bits per heavy atom. The first kappa shape index (κ1) is 7.69. The summed E-state index contributed by atoms with van der Waals surface area (Å²) >= 11 is 10.2. The Hall–Kier alpha value is -0.410. The van der Waals surface area contributed by atoms with Crippen LogP contribution in [0.3, 0.4) is 0 Å². The van der Waals surface area contributed by atoms with Crippen LogP contribution in [0.25, 0.3) is 0 Å². The maximum atomic E-state index is 12.4. The van der Waals surface area contributed by atoms with Gasteiger partial charge in [-0.05, 0) is 0 Å². The summed E-state index contributed by atoms with van der Waals surface area (Å²) in [6.45, 7) is 0. The summed E-state index contributed by atoms with van der Waals surface area (Å²) in [7, 11) is 0. The van der Waals surface area contributed by atoms with Crippen LogP contribution in [0.2, 0.25) is 10.0 Å². The van der Waals surface area contributed by atoms with E-state index in [9.17, 15) is 8.78 Å². The molecule has 1 rings (SSSR count). The lowest BCUT2D eigenvalue weighted by atomic mass is 10.5. The van der Waals surface area contributed by atoms with E-state index in [2.05, 4.69) is 4.98 Å². The molecule has 5 heteroatoms. The van der Waals surface area contributed by atoms with Gasteiger partial charge in [-0.25, -0.2) is 9.37 Å². The molecule has 1 aromatic rings. The topological polar surface area (TPSA) is 12.9 Å². The highest BCUT2D eigenvalue weighted by atomic mass is 35.5. The second-order valence-electron chi connectivity index (χ2n) is 1.46. The molecule has 0 spiro atoms. The maximum absolute atomic E-state index is 12.4. The fraction of sp³-hybridized carbons (Fsp3) is 0. The number of halogens is 4. The van der Waals surface area contributed by atoms with Crippen molar-refractivity contribution in [1.82, 2.24) is 4.98 Å². The first-order valence-corrected chi connectivity index (χ1v) is 2.96. The Labute approximate surface area is 65.6 Å². The summed E-state index contributed by atoms with van der Waals surface area (Å²) in [4.78, 5) is 2.94. The molecule has 0 aliphatic rings. The summed E-state index contributed by atoms with van der Waals surface area (Å²) in [6, 6.07) is 0. The molecular formula is C5Cl2F2N. The van der Waals surface area contributed by atoms with Crippen LogP contribution in [0.4, 0.5) is 8.78 Å². The van der Waals surface area contributed by atoms with Crippen LogP contribution in [0, 0.1) is 18.0 Å². The number of pyridine rings is 1. The summed E-state index contributed by atoms with van der Waals surface area (Å²) in [5.74, 6) is -2.14. The lowest BCUT2D eigenvalue weighted by Crippen LogP contribution is -1.89. The minimum absolute atomic E-state index is 0.411. The maximum Gasteiger partial charge on any atom is 0.235 e. The van der Waals surface area contributed by atoms with Crippen LogP contribution in [0.1, 0.15) is 0 Å². The molecule has 10 heavy (non-hydrogen) atoms. The number of aromatic nitrogens is 1. The largest absolute Gasteiger partial charge is 0.235 e. The third-order valence-corrected chi connectivity index (χ3v) is 1.39. The zero-order chi connectivity index (χ0) is 7.72. The minimum Gasteiger partial charge on any atom is -0.215 e. The summed E-state index contributed by atoms with van der Waals surface area (Å²) in [5, 5.41) is -1.12. The van der Waals surface area contributed by atoms with Gasteiger partial charge in [0.25, 0.3) is 0 Å². The second-order valence-corrected chi connectivity index (χ2v) is 2.21. The average molecular weight is 183 g/mol. The third-order valence-electron chi connectivity index (χ3n) is 0.819. The molecule has 0 N–H and O–H groups in total. The smallest absolute Gasteiger partial charge is 0.215 e. The van der Waals surface area contributed by atoms with Crippen molar-refractivity contribution < 1.29 is 8.78 Å². The number of nitrogens with zero attached hydrogens (tertiary/aromatic N) is 1. The van der Waals surface area contributed by atoms with Gasteiger partial charge < -0.3 is 0 Å². The first-order valence-electron chi connectivity index (χ1n) is 2.20. The van der Waals surface area contributed by atoms with E-state index < -0.39 is 21.8 Å². The van der Waals surface area contributed by atoms with E-state index in [1.807, 2.05) is 6.20 Å². The van der Waals surface area contributed by atoms with Gasteiger partial charge in [-0.2, -0.15) is 4.39 Å². The lowest BCUT2D eigenvalue weighted by molar-refractivity contribution is 0.552. The van der Waals surface area contributed by atoms with Gasteiger partial charge >= 0.3 is 0 Å². The molecule has 0 atom stereocenters. The van der Waals surface area contributed by atoms with E-state index in [4.69, 9.17) is 23.2 Å². The van der Waals surface area contributed by atoms with Crippen molar-refractivity contribution in [3.8, 4) is 0 Å². The third kappa shape index (κ3) is 1.20. The van der Waals surface area contributed by atoms with E-state index in [0.717, 1.165) is 0 Å². The van der Waals surface area contributed by atoms with Crippen molar-refractivity contribution in [3.05, 3.63) is 28.0 Å². The second kappa shape index (κ2) is 2.68. The highest BCUT2D eigenvalue weighted by molar-refractivity contribution is 6.34. The molecule has 1 radical (unpaired) electrons. The predicted octanol–water partition coefficient (Wildman–Crippen LogP) is 2.47. The van der Waals surface area contributed by atoms with Gasteiger partial charge in [0, 0.05) is 0 Å². The Kier molecular flexibility index (Phi) is 2.06. The zero-order valence-electron chi connectivity index (χ0n) is 4.46. The quantitative estimate of drug-likeness (QED) is 0.563. The molecule has 0 bridgehead atoms. The fourth-order valence-electron chi connectivity index (χ4n) is 0.383. The zero-order valence-corrected chi connectivity index (χ0v) is 5.97. The Morgan fingerprint density at radius 2 is 1.90 bits per heavy atom. The van der Waals surface area contributed by atoms with Crippen molar-refractivity contribution in [2.24, 2.45) is 0 Å². The molecule has 1 aromatic heterocycles. The molecule has 0 saturated heterocycles. The van der Waals surface area contributed by atoms with Crippen LogP contribution in [-0.4, -0.2) is 4.98 Å². The van der Waals surface area contributed by atoms with Gasteiger partial charge in [0.1, 0.15) is 16.2 Å². The van der Waals surface area contributed by atoms with Crippen molar-refractivity contribution in [1.29, 1.82) is 0 Å². The Morgan fingerprint density at radius 1 is 1.30 bits per heavy atom. The van der Waals surface area contributed by atoms with Crippen LogP contribution < -0.4 is 0 Å². The molecule has 0 unspecified atom stereocenters. The molecule has 0 fully saturated rings. The van der Waals surface area contributed by atoms with Crippen molar-refractivity contribution >= 4 is 23.2 Å². The monoisotopic (exact) mass is 182 g/mol. The van der Waals surface area contributed by atoms with Gasteiger partial charge in [0.15, 0.2) is 5.82 Å². The normalized spacial score (nSPS) is 10.0. The van der Waals surface area contributed by atoms with Crippen molar-refractivity contribution in [2.75, 3.05) is 0 Å². The summed E-state index contributed by atoms with van der Waals surface area (Å²) in [6.07, 6.45) is 1.89. The molecule has 1 nitrogen and oxygen atoms in total. The van der Waals surface area contributed by atoms with Gasteiger partial charge in [-0.1, -0.05) is 23.2 Å². The summed E-state index contributed by atoms with van der Waals surface area (Å²) < 4.78 is 24.6. The molecule has 0 aliphatic heterocycles. The van der Waals surface area contributed by atoms with Gasteiger partial charge in [0.05, 0.1) is 0 Å². The van der Waals surface area contributed by atoms with E-state index in [-0.39, 0.29) is 0 Å². The Balaban J connectivity index is 3.34. The molecule has 53 valence electrons. The Bertz CT molecular complexity index is 237. The molecule has 0 amide bonds. The van der Waals surface area contributed by atoms with Crippen LogP contribution >= 0.6 is 23.2 Å². The molecule has 0 aliphatic carbocycles. The van der Waals surface area contributed by atoms with Crippen LogP contribution in [-0.2, 0) is 0 Å². The standard InChI is InChI=1S/C5Cl2F2N/c6-2-1-10-5(9)3(7)4(2)8. The average Bonchev–Trinajstić information content (AvgIpc) is 1.93. The van der Waals surface area contributed by atoms with E-state index >= 15 is 0 Å². The predicted molar refractivity (Wildman–Crippen MR) is 33.0 cm³/mol. The SMILES string of the molecule is Fc1n[c]c(Cl)c(F)c1Cl. The van der Waals surface area contributed by atoms with Crippen molar-refractivity contribution in [2.45, 2.75) is 0 Å². The highest BCUT2D eigenvalue weighted by Crippen LogP contribution is 2.22. The fourth-order valence-corrected chi connectivity index (χ4v) is 0.705. The van der Waals surface area contributed by atoms with Gasteiger partial charge in [-0.3, -0.25) is 0 Å². The number of hydrogen-bond donors (Lipinski definition) is 0. The first-order chi connectivity index (χ1) is 4.63. The molecular weight excluding hydrogens is 183 g/mol. The number of rotatable bonds is 0. The van der Waals surface area contributed by atoms with E-state index in [1.165, 1.54) is 0 Å². The minimum atomic E-state index is -1.11. The van der Waals surface area contributed by atoms with Gasteiger partial charge in [0.2, 0.25) is 5.95 Å². The molecule has 0 saturated carbocycles. The lowest BCUT2D eigenvalue weighted by Gasteiger charge is -1.94. The summed E-state index contributed by atoms with van der Waals surface area (Å²) in [5.41, 5.74) is 0. The number of hydrogen-bond acceptors (Lipinski definition) is 1. The molecule has 1 heterocycles. The van der Waals surface area contributed by atoms with Crippen molar-refractivity contribution in [3.63, 3.8) is 0 Å². The van der Waals surface area contributed by atoms with Gasteiger partial charge in [-0.15, -0.1) is 0 Å². The van der Waals surface area contributed by atoms with E-state index in [0.29, 0.717) is 0 Å². The van der Waals surface area contributed by atoms with E-state index in [1.54, 1.807) is 0 Å². The van der Waals surface area contributed by atoms with Crippen LogP contribution in [0.5, 0.6) is 0 Å².